The third kappa shape index (κ3) is 5.24. The van der Waals surface area contributed by atoms with E-state index in [-0.39, 0.29) is 34.2 Å². The summed E-state index contributed by atoms with van der Waals surface area (Å²) in [6.45, 7) is 0.721. The molecule has 1 aliphatic heterocycles. The first-order valence-corrected chi connectivity index (χ1v) is 10.1. The zero-order valence-electron chi connectivity index (χ0n) is 15.0. The molecular formula is C18H17ClF3N3O3S. The molecule has 2 amide bonds. The first-order valence-electron chi connectivity index (χ1n) is 8.75. The number of halogens is 4. The van der Waals surface area contributed by atoms with Crippen molar-refractivity contribution in [2.24, 2.45) is 0 Å². The number of carbonyl (C=O) groups excluding carboxylic acids is 2. The molecule has 1 saturated heterocycles. The minimum Gasteiger partial charge on any atom is -0.459 e. The average Bonchev–Trinajstić information content (AvgIpc) is 3.36. The minimum absolute atomic E-state index is 0.0952. The van der Waals surface area contributed by atoms with E-state index in [0.717, 1.165) is 24.0 Å². The number of likely N-dealkylation sites (tertiary alicyclic amines) is 1. The molecule has 0 aliphatic carbocycles. The Hall–Kier alpha value is -2.20. The summed E-state index contributed by atoms with van der Waals surface area (Å²) in [6, 6.07) is 3.40. The second kappa shape index (κ2) is 9.08. The van der Waals surface area contributed by atoms with Crippen molar-refractivity contribution in [3.63, 3.8) is 0 Å². The van der Waals surface area contributed by atoms with Crippen molar-refractivity contribution in [1.82, 2.24) is 15.2 Å². The largest absolute Gasteiger partial charge is 0.459 e. The van der Waals surface area contributed by atoms with Gasteiger partial charge in [0.25, 0.3) is 5.91 Å². The Kier molecular flexibility index (Phi) is 6.74. The summed E-state index contributed by atoms with van der Waals surface area (Å²) in [5.74, 6) is -0.0663. The molecule has 156 valence electrons. The van der Waals surface area contributed by atoms with Crippen LogP contribution in [0.3, 0.4) is 0 Å². The lowest BCUT2D eigenvalue weighted by molar-refractivity contribution is -0.137. The summed E-state index contributed by atoms with van der Waals surface area (Å²) in [5, 5.41) is 2.90. The number of nitrogens with one attached hydrogen (secondary N) is 1. The highest BCUT2D eigenvalue weighted by atomic mass is 35.5. The molecule has 1 N–H and O–H groups in total. The molecular weight excluding hydrogens is 431 g/mol. The van der Waals surface area contributed by atoms with Crippen LogP contribution in [0.15, 0.2) is 40.1 Å². The molecule has 0 unspecified atom stereocenters. The fraction of sp³-hybridized carbons (Fsp3) is 0.389. The van der Waals surface area contributed by atoms with Gasteiger partial charge in [-0.1, -0.05) is 11.6 Å². The number of nitrogens with zero attached hydrogens (tertiary/aromatic N) is 2. The number of thioether (sulfide) groups is 1. The zero-order chi connectivity index (χ0) is 21.0. The predicted molar refractivity (Wildman–Crippen MR) is 101 cm³/mol. The monoisotopic (exact) mass is 447 g/mol. The van der Waals surface area contributed by atoms with E-state index in [1.807, 2.05) is 0 Å². The molecule has 11 heteroatoms. The standard InChI is InChI=1S/C18H17ClF3N3O3S/c19-12-9-11(18(20,21)22)10-24-16(12)29-8-5-23-15(26)13-3-1-6-25(13)17(27)14-4-2-7-28-14/h2,4,7,9-10,13H,1,3,5-6,8H2,(H,23,26)/t13-/m0/s1. The van der Waals surface area contributed by atoms with Crippen molar-refractivity contribution in [1.29, 1.82) is 0 Å². The van der Waals surface area contributed by atoms with Gasteiger partial charge in [-0.05, 0) is 31.0 Å². The normalized spacial score (nSPS) is 16.8. The van der Waals surface area contributed by atoms with Gasteiger partial charge in [-0.2, -0.15) is 13.2 Å². The Morgan fingerprint density at radius 3 is 2.86 bits per heavy atom. The van der Waals surface area contributed by atoms with Gasteiger partial charge in [-0.25, -0.2) is 4.98 Å². The summed E-state index contributed by atoms with van der Waals surface area (Å²) in [6.07, 6.45) is -1.12. The average molecular weight is 448 g/mol. The SMILES string of the molecule is O=C(NCCSc1ncc(C(F)(F)F)cc1Cl)[C@@H]1CCCN1C(=O)c1ccco1. The van der Waals surface area contributed by atoms with Gasteiger partial charge < -0.3 is 14.6 Å². The van der Waals surface area contributed by atoms with Crippen LogP contribution in [0.5, 0.6) is 0 Å². The quantitative estimate of drug-likeness (QED) is 0.537. The highest BCUT2D eigenvalue weighted by Gasteiger charge is 2.35. The molecule has 3 heterocycles. The maximum atomic E-state index is 12.6. The van der Waals surface area contributed by atoms with E-state index in [0.29, 0.717) is 25.1 Å². The van der Waals surface area contributed by atoms with Crippen LogP contribution in [0.1, 0.15) is 29.0 Å². The van der Waals surface area contributed by atoms with Gasteiger partial charge >= 0.3 is 6.18 Å². The molecule has 1 atom stereocenters. The van der Waals surface area contributed by atoms with E-state index in [2.05, 4.69) is 10.3 Å². The van der Waals surface area contributed by atoms with Crippen molar-refractivity contribution in [3.05, 3.63) is 47.0 Å². The summed E-state index contributed by atoms with van der Waals surface area (Å²) in [5.41, 5.74) is -0.914. The predicted octanol–water partition coefficient (Wildman–Crippen LogP) is 3.86. The molecule has 0 aromatic carbocycles. The lowest BCUT2D eigenvalue weighted by Crippen LogP contribution is -2.46. The molecule has 0 radical (unpaired) electrons. The molecule has 0 spiro atoms. The van der Waals surface area contributed by atoms with Gasteiger partial charge in [-0.3, -0.25) is 9.59 Å². The highest BCUT2D eigenvalue weighted by molar-refractivity contribution is 7.99. The van der Waals surface area contributed by atoms with E-state index >= 15 is 0 Å². The van der Waals surface area contributed by atoms with Crippen LogP contribution >= 0.6 is 23.4 Å². The van der Waals surface area contributed by atoms with Crippen LogP contribution in [0.4, 0.5) is 13.2 Å². The number of furan rings is 1. The van der Waals surface area contributed by atoms with Gasteiger partial charge in [-0.15, -0.1) is 11.8 Å². The van der Waals surface area contributed by atoms with Gasteiger partial charge in [0.2, 0.25) is 5.91 Å². The lowest BCUT2D eigenvalue weighted by atomic mass is 10.2. The van der Waals surface area contributed by atoms with Crippen molar-refractivity contribution < 1.29 is 27.2 Å². The number of alkyl halides is 3. The van der Waals surface area contributed by atoms with Crippen molar-refractivity contribution in [2.75, 3.05) is 18.8 Å². The van der Waals surface area contributed by atoms with Gasteiger partial charge in [0.15, 0.2) is 5.76 Å². The van der Waals surface area contributed by atoms with Gasteiger partial charge in [0.05, 0.1) is 16.8 Å². The third-order valence-electron chi connectivity index (χ3n) is 4.32. The third-order valence-corrected chi connectivity index (χ3v) is 5.73. The molecule has 1 aliphatic rings. The van der Waals surface area contributed by atoms with E-state index < -0.39 is 17.8 Å². The number of amides is 2. The van der Waals surface area contributed by atoms with Crippen LogP contribution in [0.2, 0.25) is 5.02 Å². The van der Waals surface area contributed by atoms with Crippen molar-refractivity contribution in [2.45, 2.75) is 30.1 Å². The summed E-state index contributed by atoms with van der Waals surface area (Å²) in [4.78, 5) is 30.1. The van der Waals surface area contributed by atoms with Gasteiger partial charge in [0.1, 0.15) is 11.1 Å². The van der Waals surface area contributed by atoms with Crippen molar-refractivity contribution in [3.8, 4) is 0 Å². The topological polar surface area (TPSA) is 75.4 Å². The Morgan fingerprint density at radius 1 is 1.41 bits per heavy atom. The summed E-state index contributed by atoms with van der Waals surface area (Å²) >= 11 is 6.99. The van der Waals surface area contributed by atoms with Crippen LogP contribution in [-0.4, -0.2) is 46.6 Å². The Morgan fingerprint density at radius 2 is 2.21 bits per heavy atom. The number of carbonyl (C=O) groups is 2. The molecule has 1 fully saturated rings. The zero-order valence-corrected chi connectivity index (χ0v) is 16.6. The summed E-state index contributed by atoms with van der Waals surface area (Å²) in [7, 11) is 0. The first kappa shape index (κ1) is 21.5. The van der Waals surface area contributed by atoms with Crippen LogP contribution in [0, 0.1) is 0 Å². The lowest BCUT2D eigenvalue weighted by Gasteiger charge is -2.23. The molecule has 0 bridgehead atoms. The molecule has 0 saturated carbocycles. The summed E-state index contributed by atoms with van der Waals surface area (Å²) < 4.78 is 43.0. The minimum atomic E-state index is -4.51. The number of aromatic nitrogens is 1. The Balaban J connectivity index is 1.49. The van der Waals surface area contributed by atoms with Crippen LogP contribution in [0.25, 0.3) is 0 Å². The van der Waals surface area contributed by atoms with Gasteiger partial charge in [0, 0.05) is 25.0 Å². The maximum absolute atomic E-state index is 12.6. The maximum Gasteiger partial charge on any atom is 0.417 e. The number of pyridine rings is 1. The van der Waals surface area contributed by atoms with E-state index in [4.69, 9.17) is 16.0 Å². The number of hydrogen-bond acceptors (Lipinski definition) is 5. The first-order chi connectivity index (χ1) is 13.8. The fourth-order valence-electron chi connectivity index (χ4n) is 2.95. The molecule has 2 aromatic rings. The second-order valence-corrected chi connectivity index (χ2v) is 7.77. The smallest absolute Gasteiger partial charge is 0.417 e. The van der Waals surface area contributed by atoms with E-state index in [9.17, 15) is 22.8 Å². The highest BCUT2D eigenvalue weighted by Crippen LogP contribution is 2.33. The fourth-order valence-corrected chi connectivity index (χ4v) is 4.00. The Bertz CT molecular complexity index is 877. The van der Waals surface area contributed by atoms with Crippen LogP contribution < -0.4 is 5.32 Å². The number of hydrogen-bond donors (Lipinski definition) is 1. The molecule has 3 rings (SSSR count). The molecule has 29 heavy (non-hydrogen) atoms. The van der Waals surface area contributed by atoms with Crippen LogP contribution in [-0.2, 0) is 11.0 Å². The number of rotatable bonds is 6. The van der Waals surface area contributed by atoms with E-state index in [1.165, 1.54) is 11.2 Å². The van der Waals surface area contributed by atoms with Crippen molar-refractivity contribution >= 4 is 35.2 Å². The Labute approximate surface area is 173 Å². The second-order valence-electron chi connectivity index (χ2n) is 6.28. The molecule has 6 nitrogen and oxygen atoms in total. The van der Waals surface area contributed by atoms with E-state index in [1.54, 1.807) is 12.1 Å². The molecule has 2 aromatic heterocycles.